The van der Waals surface area contributed by atoms with Gasteiger partial charge in [-0.3, -0.25) is 9.20 Å². The van der Waals surface area contributed by atoms with Gasteiger partial charge in [0, 0.05) is 11.7 Å². The number of nitrogens with zero attached hydrogens (tertiary/aromatic N) is 2. The average Bonchev–Trinajstić information content (AvgIpc) is 2.50. The number of imidazole rings is 1. The number of hydrogen-bond donors (Lipinski definition) is 1. The molecule has 0 aliphatic heterocycles. The van der Waals surface area contributed by atoms with Crippen molar-refractivity contribution in [1.29, 1.82) is 0 Å². The van der Waals surface area contributed by atoms with E-state index in [0.717, 1.165) is 0 Å². The van der Waals surface area contributed by atoms with Gasteiger partial charge in [0.25, 0.3) is 5.91 Å². The van der Waals surface area contributed by atoms with Crippen LogP contribution >= 0.6 is 0 Å². The molecular weight excluding hydrogens is 233 g/mol. The van der Waals surface area contributed by atoms with Crippen LogP contribution in [0.25, 0.3) is 5.65 Å². The third kappa shape index (κ3) is 2.34. The Morgan fingerprint density at radius 3 is 2.67 bits per heavy atom. The van der Waals surface area contributed by atoms with Gasteiger partial charge in [-0.1, -0.05) is 0 Å². The fourth-order valence-corrected chi connectivity index (χ4v) is 1.81. The highest BCUT2D eigenvalue weighted by molar-refractivity contribution is 5.95. The molecule has 0 saturated carbocycles. The van der Waals surface area contributed by atoms with Crippen LogP contribution in [0.3, 0.4) is 0 Å². The minimum atomic E-state index is -0.398. The van der Waals surface area contributed by atoms with E-state index in [-0.39, 0.29) is 11.4 Å². The predicted molar refractivity (Wildman–Crippen MR) is 67.1 cm³/mol. The molecule has 1 amide bonds. The molecule has 0 fully saturated rings. The minimum absolute atomic E-state index is 0.252. The molecule has 2 aromatic rings. The molecule has 2 aromatic heterocycles. The summed E-state index contributed by atoms with van der Waals surface area (Å²) < 4.78 is 14.7. The van der Waals surface area contributed by atoms with Crippen molar-refractivity contribution in [3.8, 4) is 0 Å². The zero-order valence-electron chi connectivity index (χ0n) is 10.9. The molecule has 4 nitrogen and oxygen atoms in total. The number of carbonyl (C=O) groups is 1. The first-order chi connectivity index (χ1) is 8.28. The van der Waals surface area contributed by atoms with Crippen molar-refractivity contribution in [3.05, 3.63) is 35.5 Å². The van der Waals surface area contributed by atoms with E-state index in [1.54, 1.807) is 13.0 Å². The number of hydrogen-bond acceptors (Lipinski definition) is 2. The quantitative estimate of drug-likeness (QED) is 0.843. The molecule has 0 aliphatic rings. The zero-order valence-corrected chi connectivity index (χ0v) is 10.9. The van der Waals surface area contributed by atoms with E-state index in [9.17, 15) is 9.18 Å². The van der Waals surface area contributed by atoms with Gasteiger partial charge in [0.2, 0.25) is 0 Å². The summed E-state index contributed by atoms with van der Waals surface area (Å²) in [6, 6.07) is 2.88. The Morgan fingerprint density at radius 2 is 2.06 bits per heavy atom. The van der Waals surface area contributed by atoms with Crippen molar-refractivity contribution in [2.75, 3.05) is 0 Å². The summed E-state index contributed by atoms with van der Waals surface area (Å²) in [7, 11) is 0. The monoisotopic (exact) mass is 249 g/mol. The predicted octanol–water partition coefficient (Wildman–Crippen LogP) is 2.31. The molecule has 0 spiro atoms. The van der Waals surface area contributed by atoms with E-state index >= 15 is 0 Å². The van der Waals surface area contributed by atoms with Gasteiger partial charge in [-0.15, -0.1) is 0 Å². The van der Waals surface area contributed by atoms with E-state index in [2.05, 4.69) is 10.3 Å². The van der Waals surface area contributed by atoms with E-state index < -0.39 is 5.82 Å². The van der Waals surface area contributed by atoms with Crippen LogP contribution in [-0.2, 0) is 0 Å². The van der Waals surface area contributed by atoms with E-state index in [1.165, 1.54) is 16.7 Å². The topological polar surface area (TPSA) is 46.4 Å². The third-order valence-corrected chi connectivity index (χ3v) is 2.46. The van der Waals surface area contributed by atoms with Crippen LogP contribution in [-0.4, -0.2) is 20.8 Å². The second kappa shape index (κ2) is 4.08. The van der Waals surface area contributed by atoms with Crippen LogP contribution in [0.5, 0.6) is 0 Å². The summed E-state index contributed by atoms with van der Waals surface area (Å²) >= 11 is 0. The number of carbonyl (C=O) groups excluding carboxylic acids is 1. The summed E-state index contributed by atoms with van der Waals surface area (Å²) in [6.45, 7) is 7.42. The lowest BCUT2D eigenvalue weighted by Gasteiger charge is -2.20. The number of aromatic nitrogens is 2. The molecule has 0 radical (unpaired) electrons. The van der Waals surface area contributed by atoms with Crippen molar-refractivity contribution in [1.82, 2.24) is 14.7 Å². The van der Waals surface area contributed by atoms with Gasteiger partial charge < -0.3 is 5.32 Å². The van der Waals surface area contributed by atoms with Crippen LogP contribution < -0.4 is 5.32 Å². The van der Waals surface area contributed by atoms with E-state index in [1.807, 2.05) is 20.8 Å². The summed E-state index contributed by atoms with van der Waals surface area (Å²) in [4.78, 5) is 16.4. The number of aryl methyl sites for hydroxylation is 1. The molecule has 0 unspecified atom stereocenters. The highest BCUT2D eigenvalue weighted by Crippen LogP contribution is 2.14. The first kappa shape index (κ1) is 12.5. The van der Waals surface area contributed by atoms with Crippen molar-refractivity contribution in [2.24, 2.45) is 0 Å². The Bertz CT molecular complexity index is 610. The molecule has 0 atom stereocenters. The van der Waals surface area contributed by atoms with Crippen LogP contribution in [0, 0.1) is 12.7 Å². The fourth-order valence-electron chi connectivity index (χ4n) is 1.81. The molecule has 0 aromatic carbocycles. The van der Waals surface area contributed by atoms with Gasteiger partial charge in [-0.2, -0.15) is 0 Å². The smallest absolute Gasteiger partial charge is 0.270 e. The highest BCUT2D eigenvalue weighted by Gasteiger charge is 2.21. The van der Waals surface area contributed by atoms with Crippen LogP contribution in [0.1, 0.15) is 37.0 Å². The standard InChI is InChI=1S/C13H16FN3O/c1-8-11(12(18)16-13(2,3)4)17-7-9(14)5-6-10(17)15-8/h5-7H,1-4H3,(H,16,18). The molecule has 1 N–H and O–H groups in total. The molecule has 2 rings (SSSR count). The number of pyridine rings is 1. The fraction of sp³-hybridized carbons (Fsp3) is 0.385. The van der Waals surface area contributed by atoms with Gasteiger partial charge in [0.05, 0.1) is 5.69 Å². The van der Waals surface area contributed by atoms with Crippen molar-refractivity contribution >= 4 is 11.6 Å². The summed E-state index contributed by atoms with van der Waals surface area (Å²) in [6.07, 6.45) is 1.27. The van der Waals surface area contributed by atoms with Crippen LogP contribution in [0.4, 0.5) is 4.39 Å². The largest absolute Gasteiger partial charge is 0.346 e. The molecule has 0 aliphatic carbocycles. The Balaban J connectivity index is 2.53. The van der Waals surface area contributed by atoms with Gasteiger partial charge >= 0.3 is 0 Å². The molecule has 96 valence electrons. The van der Waals surface area contributed by atoms with E-state index in [0.29, 0.717) is 17.0 Å². The van der Waals surface area contributed by atoms with Crippen LogP contribution in [0.15, 0.2) is 18.3 Å². The van der Waals surface area contributed by atoms with Crippen LogP contribution in [0.2, 0.25) is 0 Å². The Morgan fingerprint density at radius 1 is 1.39 bits per heavy atom. The van der Waals surface area contributed by atoms with Gasteiger partial charge in [-0.05, 0) is 39.8 Å². The lowest BCUT2D eigenvalue weighted by Crippen LogP contribution is -2.41. The normalized spacial score (nSPS) is 11.8. The SMILES string of the molecule is Cc1nc2ccc(F)cn2c1C(=O)NC(C)(C)C. The molecule has 0 saturated heterocycles. The van der Waals surface area contributed by atoms with Crippen molar-refractivity contribution < 1.29 is 9.18 Å². The third-order valence-electron chi connectivity index (χ3n) is 2.46. The first-order valence-electron chi connectivity index (χ1n) is 5.75. The van der Waals surface area contributed by atoms with Gasteiger partial charge in [0.1, 0.15) is 17.2 Å². The Labute approximate surface area is 105 Å². The minimum Gasteiger partial charge on any atom is -0.346 e. The van der Waals surface area contributed by atoms with Crippen molar-refractivity contribution in [2.45, 2.75) is 33.2 Å². The number of rotatable bonds is 1. The second-order valence-electron chi connectivity index (χ2n) is 5.33. The second-order valence-corrected chi connectivity index (χ2v) is 5.33. The maximum absolute atomic E-state index is 13.2. The molecule has 5 heteroatoms. The molecule has 18 heavy (non-hydrogen) atoms. The maximum atomic E-state index is 13.2. The lowest BCUT2D eigenvalue weighted by molar-refractivity contribution is 0.0913. The van der Waals surface area contributed by atoms with Gasteiger partial charge in [-0.25, -0.2) is 9.37 Å². The number of nitrogens with one attached hydrogen (secondary N) is 1. The zero-order chi connectivity index (χ0) is 13.5. The Hall–Kier alpha value is -1.91. The summed E-state index contributed by atoms with van der Waals surface area (Å²) in [5.41, 5.74) is 1.18. The molecular formula is C13H16FN3O. The molecule has 2 heterocycles. The number of amides is 1. The molecule has 0 bridgehead atoms. The highest BCUT2D eigenvalue weighted by atomic mass is 19.1. The lowest BCUT2D eigenvalue weighted by atomic mass is 10.1. The first-order valence-corrected chi connectivity index (χ1v) is 5.75. The average molecular weight is 249 g/mol. The summed E-state index contributed by atoms with van der Waals surface area (Å²) in [5, 5.41) is 2.85. The van der Waals surface area contributed by atoms with Gasteiger partial charge in [0.15, 0.2) is 0 Å². The maximum Gasteiger partial charge on any atom is 0.270 e. The number of halogens is 1. The van der Waals surface area contributed by atoms with Crippen molar-refractivity contribution in [3.63, 3.8) is 0 Å². The van der Waals surface area contributed by atoms with E-state index in [4.69, 9.17) is 0 Å². The number of fused-ring (bicyclic) bond motifs is 1. The Kier molecular flexibility index (Phi) is 2.84. The summed E-state index contributed by atoms with van der Waals surface area (Å²) in [5.74, 6) is -0.650.